The maximum Gasteiger partial charge on any atom is 0.241 e. The van der Waals surface area contributed by atoms with Crippen LogP contribution in [0.25, 0.3) is 0 Å². The number of ether oxygens (including phenoxy) is 2. The average Bonchev–Trinajstić information content (AvgIpc) is 2.76. The van der Waals surface area contributed by atoms with E-state index in [1.54, 1.807) is 18.2 Å². The summed E-state index contributed by atoms with van der Waals surface area (Å²) in [7, 11) is -3.68. The number of nitrogens with zero attached hydrogens (tertiary/aromatic N) is 1. The summed E-state index contributed by atoms with van der Waals surface area (Å²) in [5.74, 6) is 0.666. The molecule has 0 fully saturated rings. The Labute approximate surface area is 183 Å². The average molecular weight is 445 g/mol. The number of amides is 1. The molecule has 0 bridgehead atoms. The van der Waals surface area contributed by atoms with E-state index in [1.807, 2.05) is 13.0 Å². The predicted octanol–water partition coefficient (Wildman–Crippen LogP) is 2.98. The Morgan fingerprint density at radius 3 is 2.48 bits per heavy atom. The highest BCUT2D eigenvalue weighted by Gasteiger charge is 2.24. The Hall–Kier alpha value is -2.74. The highest BCUT2D eigenvalue weighted by Crippen LogP contribution is 2.34. The third-order valence-corrected chi connectivity index (χ3v) is 6.89. The van der Waals surface area contributed by atoms with Gasteiger partial charge in [-0.2, -0.15) is 0 Å². The molecule has 2 aromatic carbocycles. The van der Waals surface area contributed by atoms with Crippen molar-refractivity contribution in [2.24, 2.45) is 0 Å². The number of carbonyl (C=O) groups excluding carboxylic acids is 1. The van der Waals surface area contributed by atoms with Crippen molar-refractivity contribution in [3.05, 3.63) is 53.1 Å². The van der Waals surface area contributed by atoms with Gasteiger partial charge in [-0.3, -0.25) is 9.10 Å². The Bertz CT molecular complexity index is 1080. The Morgan fingerprint density at radius 2 is 1.74 bits per heavy atom. The quantitative estimate of drug-likeness (QED) is 0.741. The summed E-state index contributed by atoms with van der Waals surface area (Å²) in [4.78, 5) is 12.8. The number of anilines is 1. The molecule has 2 aromatic rings. The molecule has 0 aromatic heterocycles. The molecule has 0 saturated heterocycles. The lowest BCUT2D eigenvalue weighted by Gasteiger charge is -2.25. The summed E-state index contributed by atoms with van der Waals surface area (Å²) in [6.07, 6.45) is 5.67. The van der Waals surface area contributed by atoms with Crippen molar-refractivity contribution in [1.29, 1.82) is 0 Å². The van der Waals surface area contributed by atoms with Gasteiger partial charge in [-0.15, -0.1) is 0 Å². The van der Waals surface area contributed by atoms with Gasteiger partial charge >= 0.3 is 0 Å². The molecular formula is C23H28N2O5S. The van der Waals surface area contributed by atoms with Gasteiger partial charge < -0.3 is 14.8 Å². The molecule has 1 atom stereocenters. The molecule has 1 N–H and O–H groups in total. The topological polar surface area (TPSA) is 84.9 Å². The molecule has 0 radical (unpaired) electrons. The molecule has 4 rings (SSSR count). The van der Waals surface area contributed by atoms with Crippen LogP contribution >= 0.6 is 0 Å². The zero-order valence-electron chi connectivity index (χ0n) is 17.9. The highest BCUT2D eigenvalue weighted by molar-refractivity contribution is 7.92. The van der Waals surface area contributed by atoms with Crippen LogP contribution in [0, 0.1) is 0 Å². The number of rotatable bonds is 6. The number of sulfonamides is 1. The van der Waals surface area contributed by atoms with Crippen LogP contribution in [0.2, 0.25) is 0 Å². The molecule has 2 aliphatic rings. The van der Waals surface area contributed by atoms with Crippen molar-refractivity contribution >= 4 is 21.6 Å². The van der Waals surface area contributed by atoms with Crippen LogP contribution in [0.3, 0.4) is 0 Å². The number of aryl methyl sites for hydroxylation is 2. The number of carbonyl (C=O) groups is 1. The smallest absolute Gasteiger partial charge is 0.241 e. The molecule has 0 unspecified atom stereocenters. The third kappa shape index (κ3) is 4.95. The van der Waals surface area contributed by atoms with Gasteiger partial charge in [0.25, 0.3) is 0 Å². The van der Waals surface area contributed by atoms with Crippen LogP contribution < -0.4 is 19.1 Å². The van der Waals surface area contributed by atoms with Crippen LogP contribution in [0.5, 0.6) is 11.5 Å². The summed E-state index contributed by atoms with van der Waals surface area (Å²) in [5.41, 5.74) is 4.12. The largest absolute Gasteiger partial charge is 0.486 e. The fourth-order valence-corrected chi connectivity index (χ4v) is 4.96. The van der Waals surface area contributed by atoms with Crippen molar-refractivity contribution in [2.75, 3.05) is 30.3 Å². The maximum absolute atomic E-state index is 12.8. The fourth-order valence-electron chi connectivity index (χ4n) is 4.11. The molecule has 0 saturated carbocycles. The number of fused-ring (bicyclic) bond motifs is 2. The van der Waals surface area contributed by atoms with Gasteiger partial charge in [0.1, 0.15) is 19.8 Å². The minimum atomic E-state index is -3.68. The van der Waals surface area contributed by atoms with Gasteiger partial charge in [-0.25, -0.2) is 8.42 Å². The van der Waals surface area contributed by atoms with Crippen molar-refractivity contribution in [2.45, 2.75) is 38.6 Å². The normalized spacial score (nSPS) is 16.2. The lowest BCUT2D eigenvalue weighted by Crippen LogP contribution is -2.41. The summed E-state index contributed by atoms with van der Waals surface area (Å²) < 4.78 is 37.0. The van der Waals surface area contributed by atoms with Gasteiger partial charge in [0.15, 0.2) is 11.5 Å². The van der Waals surface area contributed by atoms with Crippen molar-refractivity contribution in [3.63, 3.8) is 0 Å². The van der Waals surface area contributed by atoms with Crippen molar-refractivity contribution in [3.8, 4) is 11.5 Å². The van der Waals surface area contributed by atoms with E-state index in [2.05, 4.69) is 17.4 Å². The first-order chi connectivity index (χ1) is 14.8. The lowest BCUT2D eigenvalue weighted by molar-refractivity contribution is -0.120. The lowest BCUT2D eigenvalue weighted by atomic mass is 9.89. The van der Waals surface area contributed by atoms with E-state index in [9.17, 15) is 13.2 Å². The number of nitrogens with one attached hydrogen (secondary N) is 1. The molecule has 1 heterocycles. The van der Waals surface area contributed by atoms with E-state index < -0.39 is 10.0 Å². The second kappa shape index (κ2) is 8.78. The minimum absolute atomic E-state index is 0.221. The first-order valence-electron chi connectivity index (χ1n) is 10.6. The van der Waals surface area contributed by atoms with Gasteiger partial charge in [-0.1, -0.05) is 18.2 Å². The van der Waals surface area contributed by atoms with Crippen LogP contribution in [0.1, 0.15) is 42.5 Å². The number of hydrogen-bond acceptors (Lipinski definition) is 5. The van der Waals surface area contributed by atoms with Crippen LogP contribution in [-0.4, -0.2) is 40.3 Å². The van der Waals surface area contributed by atoms with Gasteiger partial charge in [0.05, 0.1) is 18.0 Å². The number of hydrogen-bond donors (Lipinski definition) is 1. The van der Waals surface area contributed by atoms with Crippen molar-refractivity contribution in [1.82, 2.24) is 5.32 Å². The molecule has 31 heavy (non-hydrogen) atoms. The van der Waals surface area contributed by atoms with E-state index in [0.717, 1.165) is 29.0 Å². The van der Waals surface area contributed by atoms with Gasteiger partial charge in [0, 0.05) is 6.07 Å². The van der Waals surface area contributed by atoms with Crippen molar-refractivity contribution < 1.29 is 22.7 Å². The summed E-state index contributed by atoms with van der Waals surface area (Å²) >= 11 is 0. The van der Waals surface area contributed by atoms with Crippen LogP contribution in [0.15, 0.2) is 36.4 Å². The van der Waals surface area contributed by atoms with Gasteiger partial charge in [0.2, 0.25) is 15.9 Å². The first kappa shape index (κ1) is 21.5. The van der Waals surface area contributed by atoms with E-state index in [1.165, 1.54) is 24.0 Å². The molecular weight excluding hydrogens is 416 g/mol. The Balaban J connectivity index is 1.48. The van der Waals surface area contributed by atoms with Crippen LogP contribution in [0.4, 0.5) is 5.69 Å². The standard InChI is InChI=1S/C23H28N2O5S/c1-16(18-8-7-17-5-3-4-6-19(17)13-18)24-23(26)15-25(31(2,27)28)20-9-10-21-22(14-20)30-12-11-29-21/h7-10,13-14,16H,3-6,11-12,15H2,1-2H3,(H,24,26)/t16-/m0/s1. The zero-order valence-corrected chi connectivity index (χ0v) is 18.7. The van der Waals surface area contributed by atoms with Crippen LogP contribution in [-0.2, 0) is 27.7 Å². The highest BCUT2D eigenvalue weighted by atomic mass is 32.2. The molecule has 1 aliphatic carbocycles. The molecule has 7 nitrogen and oxygen atoms in total. The second-order valence-corrected chi connectivity index (χ2v) is 10.0. The molecule has 8 heteroatoms. The maximum atomic E-state index is 12.8. The van der Waals surface area contributed by atoms with E-state index in [0.29, 0.717) is 30.4 Å². The second-order valence-electron chi connectivity index (χ2n) is 8.12. The minimum Gasteiger partial charge on any atom is -0.486 e. The van der Waals surface area contributed by atoms with E-state index in [-0.39, 0.29) is 18.5 Å². The molecule has 0 spiro atoms. The SMILES string of the molecule is C[C@H](NC(=O)CN(c1ccc2c(c1)OCCO2)S(C)(=O)=O)c1ccc2c(c1)CCCC2. The summed E-state index contributed by atoms with van der Waals surface area (Å²) in [5, 5.41) is 2.94. The Kier molecular flexibility index (Phi) is 6.09. The zero-order chi connectivity index (χ0) is 22.0. The Morgan fingerprint density at radius 1 is 1.03 bits per heavy atom. The molecule has 1 aliphatic heterocycles. The van der Waals surface area contributed by atoms with Gasteiger partial charge in [-0.05, 0) is 61.4 Å². The van der Waals surface area contributed by atoms with E-state index in [4.69, 9.17) is 9.47 Å². The fraction of sp³-hybridized carbons (Fsp3) is 0.435. The summed E-state index contributed by atoms with van der Waals surface area (Å²) in [6, 6.07) is 11.0. The monoisotopic (exact) mass is 444 g/mol. The molecule has 166 valence electrons. The third-order valence-electron chi connectivity index (χ3n) is 5.75. The first-order valence-corrected chi connectivity index (χ1v) is 12.4. The molecule has 1 amide bonds. The predicted molar refractivity (Wildman–Crippen MR) is 119 cm³/mol. The van der Waals surface area contributed by atoms with E-state index >= 15 is 0 Å². The summed E-state index contributed by atoms with van der Waals surface area (Å²) in [6.45, 7) is 2.45. The number of benzene rings is 2.